The first-order valence-corrected chi connectivity index (χ1v) is 9.96. The molecule has 1 fully saturated rings. The van der Waals surface area contributed by atoms with Crippen LogP contribution in [0.1, 0.15) is 25.8 Å². The summed E-state index contributed by atoms with van der Waals surface area (Å²) in [4.78, 5) is 38.6. The fourth-order valence-electron chi connectivity index (χ4n) is 2.88. The average molecular weight is 418 g/mol. The molecule has 4 N–H and O–H groups in total. The predicted octanol–water partition coefficient (Wildman–Crippen LogP) is 1.10. The molecule has 1 aromatic rings. The number of primary amides is 1. The number of nitrogens with zero attached hydrogens (tertiary/aromatic N) is 1. The van der Waals surface area contributed by atoms with E-state index < -0.39 is 23.9 Å². The Kier molecular flexibility index (Phi) is 9.14. The number of hydrogen-bond acceptors (Lipinski definition) is 6. The number of morpholine rings is 1. The van der Waals surface area contributed by atoms with E-state index in [1.54, 1.807) is 0 Å². The number of benzene rings is 1. The SMILES string of the molecule is CC(C)C[C@H](NC(=O)OCc1ccccc1)C(=O)N/C(=C/N1CCOCC1)C(N)=O. The standard InChI is InChI=1S/C21H30N4O5/c1-15(2)12-17(24-21(28)30-14-16-6-4-3-5-7-16)20(27)23-18(19(22)26)13-25-8-10-29-11-9-25/h3-7,13,15,17H,8-12,14H2,1-2H3,(H2,22,26)(H,23,27)(H,24,28)/b18-13+/t17-/m0/s1. The smallest absolute Gasteiger partial charge is 0.408 e. The van der Waals surface area contributed by atoms with Crippen LogP contribution in [0, 0.1) is 5.92 Å². The van der Waals surface area contributed by atoms with Gasteiger partial charge in [0, 0.05) is 19.3 Å². The van der Waals surface area contributed by atoms with Crippen LogP contribution in [-0.4, -0.2) is 55.2 Å². The molecule has 9 nitrogen and oxygen atoms in total. The van der Waals surface area contributed by atoms with Crippen molar-refractivity contribution in [1.82, 2.24) is 15.5 Å². The molecule has 1 aliphatic heterocycles. The molecule has 0 bridgehead atoms. The van der Waals surface area contributed by atoms with Crippen molar-refractivity contribution in [2.75, 3.05) is 26.3 Å². The van der Waals surface area contributed by atoms with Gasteiger partial charge in [0.15, 0.2) is 0 Å². The van der Waals surface area contributed by atoms with Crippen LogP contribution >= 0.6 is 0 Å². The molecule has 1 saturated heterocycles. The van der Waals surface area contributed by atoms with Crippen LogP contribution in [0.4, 0.5) is 4.79 Å². The average Bonchev–Trinajstić information content (AvgIpc) is 2.72. The topological polar surface area (TPSA) is 123 Å². The third-order valence-corrected chi connectivity index (χ3v) is 4.41. The Balaban J connectivity index is 1.99. The van der Waals surface area contributed by atoms with Gasteiger partial charge < -0.3 is 30.7 Å². The molecule has 1 heterocycles. The molecule has 1 aromatic carbocycles. The van der Waals surface area contributed by atoms with Gasteiger partial charge in [0.1, 0.15) is 18.3 Å². The summed E-state index contributed by atoms with van der Waals surface area (Å²) in [6.45, 7) is 6.18. The molecule has 1 atom stereocenters. The molecule has 1 aliphatic rings. The third-order valence-electron chi connectivity index (χ3n) is 4.41. The van der Waals surface area contributed by atoms with Crippen molar-refractivity contribution in [3.63, 3.8) is 0 Å². The molecule has 0 spiro atoms. The molecule has 9 heteroatoms. The Morgan fingerprint density at radius 1 is 1.20 bits per heavy atom. The van der Waals surface area contributed by atoms with Crippen molar-refractivity contribution in [1.29, 1.82) is 0 Å². The van der Waals surface area contributed by atoms with Crippen molar-refractivity contribution < 1.29 is 23.9 Å². The first-order chi connectivity index (χ1) is 14.3. The van der Waals surface area contributed by atoms with Crippen LogP contribution < -0.4 is 16.4 Å². The van der Waals surface area contributed by atoms with Gasteiger partial charge in [-0.3, -0.25) is 9.59 Å². The number of hydrogen-bond donors (Lipinski definition) is 3. The maximum Gasteiger partial charge on any atom is 0.408 e. The van der Waals surface area contributed by atoms with Gasteiger partial charge in [-0.1, -0.05) is 44.2 Å². The number of alkyl carbamates (subject to hydrolysis) is 1. The Bertz CT molecular complexity index is 745. The lowest BCUT2D eigenvalue weighted by molar-refractivity contribution is -0.124. The van der Waals surface area contributed by atoms with E-state index in [1.165, 1.54) is 6.20 Å². The van der Waals surface area contributed by atoms with Crippen molar-refractivity contribution >= 4 is 17.9 Å². The van der Waals surface area contributed by atoms with Crippen LogP contribution in [0.3, 0.4) is 0 Å². The van der Waals surface area contributed by atoms with Gasteiger partial charge in [0.05, 0.1) is 13.2 Å². The molecule has 0 aliphatic carbocycles. The number of carbonyl (C=O) groups is 3. The molecule has 0 radical (unpaired) electrons. The second kappa shape index (κ2) is 11.8. The number of rotatable bonds is 9. The lowest BCUT2D eigenvalue weighted by Gasteiger charge is -2.26. The Morgan fingerprint density at radius 2 is 1.87 bits per heavy atom. The Labute approximate surface area is 176 Å². The summed E-state index contributed by atoms with van der Waals surface area (Å²) >= 11 is 0. The van der Waals surface area contributed by atoms with Gasteiger partial charge in [0.25, 0.3) is 5.91 Å². The lowest BCUT2D eigenvalue weighted by Crippen LogP contribution is -2.49. The normalized spacial score (nSPS) is 15.4. The Hall–Kier alpha value is -3.07. The number of amides is 3. The highest BCUT2D eigenvalue weighted by Gasteiger charge is 2.25. The summed E-state index contributed by atoms with van der Waals surface area (Å²) in [7, 11) is 0. The van der Waals surface area contributed by atoms with E-state index in [1.807, 2.05) is 49.1 Å². The largest absolute Gasteiger partial charge is 0.445 e. The number of ether oxygens (including phenoxy) is 2. The molecular formula is C21H30N4O5. The van der Waals surface area contributed by atoms with E-state index in [9.17, 15) is 14.4 Å². The van der Waals surface area contributed by atoms with E-state index in [0.717, 1.165) is 5.56 Å². The van der Waals surface area contributed by atoms with Crippen LogP contribution in [-0.2, 0) is 25.7 Å². The van der Waals surface area contributed by atoms with Gasteiger partial charge in [-0.05, 0) is 17.9 Å². The first kappa shape index (κ1) is 23.2. The van der Waals surface area contributed by atoms with Crippen LogP contribution in [0.15, 0.2) is 42.2 Å². The summed E-state index contributed by atoms with van der Waals surface area (Å²) in [5.74, 6) is -1.17. The summed E-state index contributed by atoms with van der Waals surface area (Å²) in [5.41, 5.74) is 6.23. The van der Waals surface area contributed by atoms with Gasteiger partial charge in [-0.2, -0.15) is 0 Å². The molecule has 2 rings (SSSR count). The zero-order valence-corrected chi connectivity index (χ0v) is 17.4. The van der Waals surface area contributed by atoms with Crippen molar-refractivity contribution in [2.24, 2.45) is 11.7 Å². The van der Waals surface area contributed by atoms with Crippen molar-refractivity contribution in [3.8, 4) is 0 Å². The van der Waals surface area contributed by atoms with Gasteiger partial charge in [-0.25, -0.2) is 4.79 Å². The zero-order chi connectivity index (χ0) is 21.9. The molecule has 0 aromatic heterocycles. The van der Waals surface area contributed by atoms with Crippen LogP contribution in [0.2, 0.25) is 0 Å². The molecule has 30 heavy (non-hydrogen) atoms. The van der Waals surface area contributed by atoms with Gasteiger partial charge >= 0.3 is 6.09 Å². The van der Waals surface area contributed by atoms with E-state index >= 15 is 0 Å². The molecule has 3 amide bonds. The number of carbonyl (C=O) groups excluding carboxylic acids is 3. The molecule has 0 unspecified atom stereocenters. The van der Waals surface area contributed by atoms with Gasteiger partial charge in [0.2, 0.25) is 5.91 Å². The highest BCUT2D eigenvalue weighted by atomic mass is 16.5. The lowest BCUT2D eigenvalue weighted by atomic mass is 10.0. The van der Waals surface area contributed by atoms with E-state index in [2.05, 4.69) is 10.6 Å². The van der Waals surface area contributed by atoms with Crippen molar-refractivity contribution in [3.05, 3.63) is 47.8 Å². The second-order valence-corrected chi connectivity index (χ2v) is 7.43. The molecule has 0 saturated carbocycles. The Morgan fingerprint density at radius 3 is 2.47 bits per heavy atom. The first-order valence-electron chi connectivity index (χ1n) is 9.96. The highest BCUT2D eigenvalue weighted by Crippen LogP contribution is 2.08. The van der Waals surface area contributed by atoms with Gasteiger partial charge in [-0.15, -0.1) is 0 Å². The van der Waals surface area contributed by atoms with Crippen LogP contribution in [0.5, 0.6) is 0 Å². The molecular weight excluding hydrogens is 388 g/mol. The summed E-state index contributed by atoms with van der Waals surface area (Å²) in [5, 5.41) is 5.12. The maximum atomic E-state index is 12.8. The highest BCUT2D eigenvalue weighted by molar-refractivity contribution is 5.98. The molecule has 164 valence electrons. The maximum absolute atomic E-state index is 12.8. The minimum atomic E-state index is -0.874. The monoisotopic (exact) mass is 418 g/mol. The number of nitrogens with two attached hydrogens (primary N) is 1. The van der Waals surface area contributed by atoms with E-state index in [0.29, 0.717) is 32.7 Å². The fourth-order valence-corrected chi connectivity index (χ4v) is 2.88. The third kappa shape index (κ3) is 8.12. The van der Waals surface area contributed by atoms with Crippen LogP contribution in [0.25, 0.3) is 0 Å². The summed E-state index contributed by atoms with van der Waals surface area (Å²) in [6, 6.07) is 8.35. The quantitative estimate of drug-likeness (QED) is 0.516. The minimum Gasteiger partial charge on any atom is -0.445 e. The minimum absolute atomic E-state index is 0.0323. The second-order valence-electron chi connectivity index (χ2n) is 7.43. The van der Waals surface area contributed by atoms with E-state index in [-0.39, 0.29) is 18.2 Å². The van der Waals surface area contributed by atoms with Crippen molar-refractivity contribution in [2.45, 2.75) is 32.9 Å². The summed E-state index contributed by atoms with van der Waals surface area (Å²) in [6.07, 6.45) is 1.18. The zero-order valence-electron chi connectivity index (χ0n) is 17.4. The van der Waals surface area contributed by atoms with E-state index in [4.69, 9.17) is 15.2 Å². The predicted molar refractivity (Wildman–Crippen MR) is 111 cm³/mol. The fraction of sp³-hybridized carbons (Fsp3) is 0.476. The summed E-state index contributed by atoms with van der Waals surface area (Å²) < 4.78 is 10.5. The number of nitrogens with one attached hydrogen (secondary N) is 2.